The molecule has 0 aromatic rings. The van der Waals surface area contributed by atoms with Crippen LogP contribution >= 0.6 is 0 Å². The maximum Gasteiger partial charge on any atom is 0.320 e. The van der Waals surface area contributed by atoms with Gasteiger partial charge in [-0.1, -0.05) is 0 Å². The summed E-state index contributed by atoms with van der Waals surface area (Å²) in [5.41, 5.74) is 0. The summed E-state index contributed by atoms with van der Waals surface area (Å²) in [6.07, 6.45) is 0. The molecular weight excluding hydrogens is 118 g/mol. The van der Waals surface area contributed by atoms with Crippen LogP contribution in [0.4, 0.5) is 4.79 Å². The number of urea groups is 1. The van der Waals surface area contributed by atoms with Crippen LogP contribution in [0.3, 0.4) is 0 Å². The second-order valence-electron chi connectivity index (χ2n) is 1.96. The van der Waals surface area contributed by atoms with Crippen molar-refractivity contribution in [3.63, 3.8) is 0 Å². The van der Waals surface area contributed by atoms with E-state index in [-0.39, 0.29) is 11.9 Å². The van der Waals surface area contributed by atoms with Crippen LogP contribution in [-0.4, -0.2) is 18.4 Å². The molecular formula is C5H8N3O. The summed E-state index contributed by atoms with van der Waals surface area (Å²) in [6.45, 7) is 2.29. The van der Waals surface area contributed by atoms with E-state index in [4.69, 9.17) is 5.41 Å². The van der Waals surface area contributed by atoms with Crippen molar-refractivity contribution < 1.29 is 4.79 Å². The second kappa shape index (κ2) is 2.05. The average molecular weight is 126 g/mol. The van der Waals surface area contributed by atoms with E-state index in [0.29, 0.717) is 6.54 Å². The molecule has 0 bridgehead atoms. The molecule has 0 spiro atoms. The lowest BCUT2D eigenvalue weighted by Gasteiger charge is -2.19. The van der Waals surface area contributed by atoms with Gasteiger partial charge in [0.05, 0.1) is 5.92 Å². The van der Waals surface area contributed by atoms with Gasteiger partial charge in [0.15, 0.2) is 0 Å². The first kappa shape index (κ1) is 6.07. The van der Waals surface area contributed by atoms with E-state index in [1.165, 1.54) is 0 Å². The minimum atomic E-state index is -0.286. The zero-order valence-corrected chi connectivity index (χ0v) is 5.12. The normalized spacial score (nSPS) is 21.0. The summed E-state index contributed by atoms with van der Waals surface area (Å²) >= 11 is 0. The van der Waals surface area contributed by atoms with Gasteiger partial charge in [0.25, 0.3) is 0 Å². The van der Waals surface area contributed by atoms with Crippen LogP contribution in [0.5, 0.6) is 0 Å². The van der Waals surface area contributed by atoms with E-state index in [1.807, 2.05) is 0 Å². The Hall–Kier alpha value is -1.06. The van der Waals surface area contributed by atoms with Gasteiger partial charge in [0.2, 0.25) is 0 Å². The Morgan fingerprint density at radius 1 is 1.67 bits per heavy atom. The van der Waals surface area contributed by atoms with Crippen molar-refractivity contribution in [2.45, 2.75) is 6.92 Å². The van der Waals surface area contributed by atoms with Crippen LogP contribution in [0.25, 0.3) is 0 Å². The lowest BCUT2D eigenvalue weighted by atomic mass is 10.1. The zero-order chi connectivity index (χ0) is 6.85. The molecule has 1 aliphatic heterocycles. The average Bonchev–Trinajstić information content (AvgIpc) is 1.80. The monoisotopic (exact) mass is 126 g/mol. The summed E-state index contributed by atoms with van der Waals surface area (Å²) in [5, 5.41) is 12.0. The highest BCUT2D eigenvalue weighted by molar-refractivity contribution is 6.05. The molecule has 2 amide bonds. The molecule has 1 radical (unpaired) electrons. The Morgan fingerprint density at radius 2 is 2.33 bits per heavy atom. The predicted octanol–water partition coefficient (Wildman–Crippen LogP) is -0.129. The van der Waals surface area contributed by atoms with Gasteiger partial charge in [0, 0.05) is 6.54 Å². The van der Waals surface area contributed by atoms with Crippen molar-refractivity contribution in [2.24, 2.45) is 0 Å². The standard InChI is InChI=1S/C5H8N3O/c1-3-2-7-5(9)8-4(3)6/h2H2,1H3,(H3,6,7,8,9). The third-order valence-electron chi connectivity index (χ3n) is 1.18. The molecule has 0 aromatic heterocycles. The second-order valence-corrected chi connectivity index (χ2v) is 1.96. The Labute approximate surface area is 53.1 Å². The first-order chi connectivity index (χ1) is 4.20. The fourth-order valence-electron chi connectivity index (χ4n) is 0.566. The van der Waals surface area contributed by atoms with Crippen molar-refractivity contribution >= 4 is 11.9 Å². The Balaban J connectivity index is 2.54. The van der Waals surface area contributed by atoms with E-state index in [0.717, 1.165) is 5.92 Å². The van der Waals surface area contributed by atoms with Gasteiger partial charge in [-0.2, -0.15) is 0 Å². The minimum absolute atomic E-state index is 0.221. The van der Waals surface area contributed by atoms with Gasteiger partial charge in [-0.25, -0.2) is 4.79 Å². The van der Waals surface area contributed by atoms with Gasteiger partial charge in [-0.05, 0) is 6.92 Å². The topological polar surface area (TPSA) is 65.0 Å². The third kappa shape index (κ3) is 1.19. The van der Waals surface area contributed by atoms with Crippen molar-refractivity contribution in [3.8, 4) is 0 Å². The lowest BCUT2D eigenvalue weighted by Crippen LogP contribution is -2.49. The number of amides is 2. The van der Waals surface area contributed by atoms with Crippen molar-refractivity contribution in [2.75, 3.05) is 6.54 Å². The van der Waals surface area contributed by atoms with E-state index in [9.17, 15) is 4.79 Å². The lowest BCUT2D eigenvalue weighted by molar-refractivity contribution is 0.244. The van der Waals surface area contributed by atoms with E-state index < -0.39 is 0 Å². The van der Waals surface area contributed by atoms with Crippen molar-refractivity contribution in [3.05, 3.63) is 5.92 Å². The minimum Gasteiger partial charge on any atom is -0.337 e. The molecule has 1 aliphatic rings. The molecule has 1 heterocycles. The summed E-state index contributed by atoms with van der Waals surface area (Å²) < 4.78 is 0. The number of rotatable bonds is 0. The third-order valence-corrected chi connectivity index (χ3v) is 1.18. The van der Waals surface area contributed by atoms with Gasteiger partial charge in [-0.15, -0.1) is 0 Å². The maximum absolute atomic E-state index is 10.4. The quantitative estimate of drug-likeness (QED) is 0.416. The number of hydrogen-bond donors (Lipinski definition) is 3. The van der Waals surface area contributed by atoms with Crippen LogP contribution < -0.4 is 10.6 Å². The number of hydrogen-bond acceptors (Lipinski definition) is 2. The van der Waals surface area contributed by atoms with Gasteiger partial charge in [0.1, 0.15) is 5.84 Å². The Kier molecular flexibility index (Phi) is 1.38. The fraction of sp³-hybridized carbons (Fsp3) is 0.400. The molecule has 0 unspecified atom stereocenters. The molecule has 9 heavy (non-hydrogen) atoms. The molecule has 49 valence electrons. The van der Waals surface area contributed by atoms with Crippen LogP contribution in [0.1, 0.15) is 6.92 Å². The predicted molar refractivity (Wildman–Crippen MR) is 33.2 cm³/mol. The number of carbonyl (C=O) groups excluding carboxylic acids is 1. The smallest absolute Gasteiger partial charge is 0.320 e. The van der Waals surface area contributed by atoms with E-state index >= 15 is 0 Å². The first-order valence-corrected chi connectivity index (χ1v) is 2.66. The maximum atomic E-state index is 10.4. The Morgan fingerprint density at radius 3 is 2.78 bits per heavy atom. The van der Waals surface area contributed by atoms with E-state index in [2.05, 4.69) is 10.6 Å². The molecule has 1 fully saturated rings. The van der Waals surface area contributed by atoms with Gasteiger partial charge in [-0.3, -0.25) is 10.7 Å². The van der Waals surface area contributed by atoms with Crippen LogP contribution in [0.15, 0.2) is 0 Å². The highest BCUT2D eigenvalue weighted by Crippen LogP contribution is 1.98. The molecule has 0 aliphatic carbocycles. The molecule has 1 saturated heterocycles. The summed E-state index contributed by atoms with van der Waals surface area (Å²) in [4.78, 5) is 10.4. The zero-order valence-electron chi connectivity index (χ0n) is 5.12. The Bertz CT molecular complexity index is 154. The number of amidine groups is 1. The SMILES string of the molecule is C[C]1CNC(=O)NC1=N. The number of carbonyl (C=O) groups is 1. The molecule has 4 heteroatoms. The van der Waals surface area contributed by atoms with Crippen LogP contribution in [0.2, 0.25) is 0 Å². The summed E-state index contributed by atoms with van der Waals surface area (Å²) in [6, 6.07) is -0.286. The fourth-order valence-corrected chi connectivity index (χ4v) is 0.566. The van der Waals surface area contributed by atoms with Crippen molar-refractivity contribution in [1.29, 1.82) is 5.41 Å². The van der Waals surface area contributed by atoms with E-state index in [1.54, 1.807) is 6.92 Å². The summed E-state index contributed by atoms with van der Waals surface area (Å²) in [7, 11) is 0. The summed E-state index contributed by atoms with van der Waals surface area (Å²) in [5.74, 6) is 1.08. The largest absolute Gasteiger partial charge is 0.337 e. The van der Waals surface area contributed by atoms with Gasteiger partial charge >= 0.3 is 6.03 Å². The molecule has 0 aromatic carbocycles. The number of nitrogens with one attached hydrogen (secondary N) is 3. The van der Waals surface area contributed by atoms with Crippen LogP contribution in [0, 0.1) is 11.3 Å². The molecule has 4 nitrogen and oxygen atoms in total. The molecule has 0 atom stereocenters. The first-order valence-electron chi connectivity index (χ1n) is 2.66. The molecule has 1 rings (SSSR count). The van der Waals surface area contributed by atoms with Crippen molar-refractivity contribution in [1.82, 2.24) is 10.6 Å². The molecule has 3 N–H and O–H groups in total. The highest BCUT2D eigenvalue weighted by Gasteiger charge is 2.18. The molecule has 0 saturated carbocycles. The van der Waals surface area contributed by atoms with Crippen LogP contribution in [-0.2, 0) is 0 Å². The highest BCUT2D eigenvalue weighted by atomic mass is 16.2. The van der Waals surface area contributed by atoms with Gasteiger partial charge < -0.3 is 5.32 Å².